The van der Waals surface area contributed by atoms with E-state index >= 15 is 0 Å². The number of ether oxygens (including phenoxy) is 1. The van der Waals surface area contributed by atoms with Crippen LogP contribution in [0.5, 0.6) is 5.75 Å². The quantitative estimate of drug-likeness (QED) is 0.748. The van der Waals surface area contributed by atoms with Crippen LogP contribution in [-0.4, -0.2) is 4.57 Å². The third kappa shape index (κ3) is 1.21. The van der Waals surface area contributed by atoms with Crippen molar-refractivity contribution >= 4 is 11.3 Å². The maximum atomic E-state index is 13.2. The molecule has 82 valence electrons. The van der Waals surface area contributed by atoms with Gasteiger partial charge in [0.2, 0.25) is 0 Å². The predicted molar refractivity (Wildman–Crippen MR) is 58.9 cm³/mol. The third-order valence-corrected chi connectivity index (χ3v) is 3.70. The Labute approximate surface area is 95.2 Å². The van der Waals surface area contributed by atoms with Crippen molar-refractivity contribution in [1.82, 2.24) is 4.57 Å². The van der Waals surface area contributed by atoms with Gasteiger partial charge in [-0.15, -0.1) is 0 Å². The lowest BCUT2D eigenvalue weighted by Crippen LogP contribution is -2.11. The Morgan fingerprint density at radius 1 is 1.50 bits per heavy atom. The number of rotatable bonds is 0. The summed E-state index contributed by atoms with van der Waals surface area (Å²) in [4.78, 5) is 1.43. The third-order valence-electron chi connectivity index (χ3n) is 2.68. The average Bonchev–Trinajstić information content (AvgIpc) is 2.55. The van der Waals surface area contributed by atoms with E-state index in [1.165, 1.54) is 23.5 Å². The number of nitrogens with zero attached hydrogens (tertiary/aromatic N) is 1. The lowest BCUT2D eigenvalue weighted by atomic mass is 10.1. The molecule has 1 aromatic heterocycles. The van der Waals surface area contributed by atoms with Gasteiger partial charge in [0.05, 0.1) is 10.6 Å². The van der Waals surface area contributed by atoms with Crippen LogP contribution >= 0.6 is 11.3 Å². The first-order chi connectivity index (χ1) is 7.66. The summed E-state index contributed by atoms with van der Waals surface area (Å²) >= 11 is 1.37. The highest BCUT2D eigenvalue weighted by atomic mass is 32.1. The second-order valence-corrected chi connectivity index (χ2v) is 4.75. The zero-order valence-corrected chi connectivity index (χ0v) is 9.40. The molecule has 0 unspecified atom stereocenters. The summed E-state index contributed by atoms with van der Waals surface area (Å²) in [6.07, 6.45) is 0. The van der Waals surface area contributed by atoms with Gasteiger partial charge in [-0.2, -0.15) is 0 Å². The number of fused-ring (bicyclic) bond motifs is 3. The zero-order valence-electron chi connectivity index (χ0n) is 8.58. The van der Waals surface area contributed by atoms with Gasteiger partial charge < -0.3 is 9.30 Å². The summed E-state index contributed by atoms with van der Waals surface area (Å²) in [6.45, 7) is 0.464. The molecule has 1 aromatic carbocycles. The Hall–Kier alpha value is -1.62. The van der Waals surface area contributed by atoms with E-state index in [1.807, 2.05) is 7.05 Å². The maximum Gasteiger partial charge on any atom is 0.182 e. The largest absolute Gasteiger partial charge is 0.487 e. The fourth-order valence-electron chi connectivity index (χ4n) is 1.91. The van der Waals surface area contributed by atoms with Crippen molar-refractivity contribution in [3.05, 3.63) is 33.7 Å². The number of hydrogen-bond acceptors (Lipinski definition) is 3. The molecular formula is C11H9FN2OS. The van der Waals surface area contributed by atoms with E-state index in [4.69, 9.17) is 10.1 Å². The number of halogens is 1. The highest BCUT2D eigenvalue weighted by Crippen LogP contribution is 2.38. The molecule has 2 heterocycles. The van der Waals surface area contributed by atoms with Crippen LogP contribution in [0, 0.1) is 11.2 Å². The van der Waals surface area contributed by atoms with E-state index in [0.29, 0.717) is 17.2 Å². The maximum absolute atomic E-state index is 13.2. The van der Waals surface area contributed by atoms with Gasteiger partial charge in [0.15, 0.2) is 4.80 Å². The molecule has 0 aliphatic carbocycles. The van der Waals surface area contributed by atoms with Crippen LogP contribution in [0.25, 0.3) is 11.3 Å². The highest BCUT2D eigenvalue weighted by molar-refractivity contribution is 7.09. The van der Waals surface area contributed by atoms with Crippen LogP contribution in [0.3, 0.4) is 0 Å². The summed E-state index contributed by atoms with van der Waals surface area (Å²) < 4.78 is 20.5. The van der Waals surface area contributed by atoms with E-state index in [9.17, 15) is 4.39 Å². The Balaban J connectivity index is 2.36. The minimum absolute atomic E-state index is 0.284. The van der Waals surface area contributed by atoms with Gasteiger partial charge in [-0.05, 0) is 18.2 Å². The Morgan fingerprint density at radius 3 is 3.12 bits per heavy atom. The van der Waals surface area contributed by atoms with Crippen molar-refractivity contribution in [3.8, 4) is 17.0 Å². The normalized spacial score (nSPS) is 12.9. The van der Waals surface area contributed by atoms with Crippen LogP contribution in [-0.2, 0) is 13.7 Å². The average molecular weight is 236 g/mol. The smallest absolute Gasteiger partial charge is 0.182 e. The molecule has 1 aliphatic heterocycles. The van der Waals surface area contributed by atoms with E-state index in [1.54, 1.807) is 10.6 Å². The molecule has 16 heavy (non-hydrogen) atoms. The van der Waals surface area contributed by atoms with Gasteiger partial charge in [0.25, 0.3) is 0 Å². The Morgan fingerprint density at radius 2 is 2.31 bits per heavy atom. The standard InChI is InChI=1S/C11H9FN2OS/c1-14-10-7-4-6(12)2-3-8(7)15-5-9(10)16-11(14)13/h2-4,13H,5H2,1H3. The van der Waals surface area contributed by atoms with Crippen LogP contribution in [0.15, 0.2) is 18.2 Å². The van der Waals surface area contributed by atoms with E-state index in [-0.39, 0.29) is 5.82 Å². The fourth-order valence-corrected chi connectivity index (χ4v) is 2.83. The number of thiazole rings is 1. The molecular weight excluding hydrogens is 227 g/mol. The van der Waals surface area contributed by atoms with Crippen LogP contribution in [0.2, 0.25) is 0 Å². The lowest BCUT2D eigenvalue weighted by Gasteiger charge is -2.18. The van der Waals surface area contributed by atoms with Crippen LogP contribution < -0.4 is 9.54 Å². The first-order valence-electron chi connectivity index (χ1n) is 4.83. The molecule has 3 nitrogen and oxygen atoms in total. The lowest BCUT2D eigenvalue weighted by molar-refractivity contribution is 0.304. The van der Waals surface area contributed by atoms with Gasteiger partial charge in [-0.25, -0.2) is 4.39 Å². The van der Waals surface area contributed by atoms with Gasteiger partial charge in [0, 0.05) is 12.6 Å². The molecule has 0 fully saturated rings. The molecule has 1 N–H and O–H groups in total. The van der Waals surface area contributed by atoms with Crippen LogP contribution in [0.4, 0.5) is 4.39 Å². The monoisotopic (exact) mass is 236 g/mol. The van der Waals surface area contributed by atoms with Crippen molar-refractivity contribution in [1.29, 1.82) is 5.41 Å². The molecule has 0 spiro atoms. The number of hydrogen-bond donors (Lipinski definition) is 1. The molecule has 2 aromatic rings. The van der Waals surface area contributed by atoms with Gasteiger partial charge in [0.1, 0.15) is 18.2 Å². The van der Waals surface area contributed by atoms with E-state index < -0.39 is 0 Å². The summed E-state index contributed by atoms with van der Waals surface area (Å²) in [5.74, 6) is 0.398. The van der Waals surface area contributed by atoms with Gasteiger partial charge >= 0.3 is 0 Å². The van der Waals surface area contributed by atoms with E-state index in [2.05, 4.69) is 0 Å². The van der Waals surface area contributed by atoms with E-state index in [0.717, 1.165) is 16.1 Å². The number of aromatic nitrogens is 1. The molecule has 0 amide bonds. The topological polar surface area (TPSA) is 38.0 Å². The molecule has 1 aliphatic rings. The second kappa shape index (κ2) is 3.18. The molecule has 3 rings (SSSR count). The zero-order chi connectivity index (χ0) is 11.3. The van der Waals surface area contributed by atoms with Gasteiger partial charge in [-0.3, -0.25) is 5.41 Å². The Kier molecular flexibility index (Phi) is 1.91. The van der Waals surface area contributed by atoms with Gasteiger partial charge in [-0.1, -0.05) is 11.3 Å². The van der Waals surface area contributed by atoms with Crippen molar-refractivity contribution in [2.24, 2.45) is 7.05 Å². The first kappa shape index (κ1) is 9.59. The molecule has 0 radical (unpaired) electrons. The SMILES string of the molecule is Cn1c2c(sc1=N)COc1ccc(F)cc1-2. The summed E-state index contributed by atoms with van der Waals surface area (Å²) in [5.41, 5.74) is 1.63. The fraction of sp³-hybridized carbons (Fsp3) is 0.182. The molecule has 0 saturated heterocycles. The van der Waals surface area contributed by atoms with Crippen molar-refractivity contribution in [3.63, 3.8) is 0 Å². The predicted octanol–water partition coefficient (Wildman–Crippen LogP) is 2.26. The molecule has 5 heteroatoms. The molecule has 0 saturated carbocycles. The number of benzene rings is 1. The summed E-state index contributed by atoms with van der Waals surface area (Å²) in [6, 6.07) is 4.48. The molecule has 0 atom stereocenters. The minimum atomic E-state index is -0.284. The Bertz CT molecular complexity index is 629. The van der Waals surface area contributed by atoms with Crippen molar-refractivity contribution in [2.75, 3.05) is 0 Å². The minimum Gasteiger partial charge on any atom is -0.487 e. The summed E-state index contributed by atoms with van der Waals surface area (Å²) in [5, 5.41) is 7.74. The van der Waals surface area contributed by atoms with Crippen LogP contribution in [0.1, 0.15) is 4.88 Å². The van der Waals surface area contributed by atoms with Crippen molar-refractivity contribution < 1.29 is 9.13 Å². The summed E-state index contributed by atoms with van der Waals surface area (Å²) in [7, 11) is 1.82. The number of nitrogens with one attached hydrogen (secondary N) is 1. The molecule has 0 bridgehead atoms. The second-order valence-electron chi connectivity index (χ2n) is 3.67. The first-order valence-corrected chi connectivity index (χ1v) is 5.64. The van der Waals surface area contributed by atoms with Crippen molar-refractivity contribution in [2.45, 2.75) is 6.61 Å². The highest BCUT2D eigenvalue weighted by Gasteiger charge is 2.22.